The Hall–Kier alpha value is -3.42. The number of fused-ring (bicyclic) bond motifs is 1. The van der Waals surface area contributed by atoms with E-state index in [0.717, 1.165) is 17.9 Å². The fourth-order valence-corrected chi connectivity index (χ4v) is 3.67. The first kappa shape index (κ1) is 24.2. The number of halogens is 1. The van der Waals surface area contributed by atoms with Crippen molar-refractivity contribution >= 4 is 23.3 Å². The van der Waals surface area contributed by atoms with E-state index >= 15 is 0 Å². The second-order valence-corrected chi connectivity index (χ2v) is 9.67. The molecule has 8 heteroatoms. The predicted octanol–water partition coefficient (Wildman–Crippen LogP) is 4.83. The molecule has 1 atom stereocenters. The summed E-state index contributed by atoms with van der Waals surface area (Å²) in [7, 11) is 0. The Labute approximate surface area is 193 Å². The number of rotatable bonds is 8. The number of anilines is 1. The molecule has 0 saturated carbocycles. The van der Waals surface area contributed by atoms with Gasteiger partial charge in [0, 0.05) is 11.7 Å². The van der Waals surface area contributed by atoms with E-state index in [1.54, 1.807) is 12.1 Å². The number of aliphatic carboxylic acids is 1. The van der Waals surface area contributed by atoms with Gasteiger partial charge in [0.05, 0.1) is 23.7 Å². The zero-order chi connectivity index (χ0) is 24.3. The Balaban J connectivity index is 2.01. The molecule has 7 nitrogen and oxygen atoms in total. The number of amides is 1. The van der Waals surface area contributed by atoms with Crippen molar-refractivity contribution in [2.75, 3.05) is 5.32 Å². The van der Waals surface area contributed by atoms with E-state index in [4.69, 9.17) is 4.98 Å². The SMILES string of the molecule is CC(C)Cc1nc2c(C(=O)NC(CC(=O)O)c3ccc(F)cc3)cccn2c1NC(C)(C)C. The van der Waals surface area contributed by atoms with E-state index in [2.05, 4.69) is 45.3 Å². The van der Waals surface area contributed by atoms with Crippen molar-refractivity contribution in [2.45, 2.75) is 59.0 Å². The number of carbonyl (C=O) groups excluding carboxylic acids is 1. The minimum Gasteiger partial charge on any atom is -0.481 e. The van der Waals surface area contributed by atoms with Gasteiger partial charge in [0.15, 0.2) is 5.65 Å². The lowest BCUT2D eigenvalue weighted by atomic mass is 10.0. The van der Waals surface area contributed by atoms with Crippen molar-refractivity contribution in [1.82, 2.24) is 14.7 Å². The van der Waals surface area contributed by atoms with Gasteiger partial charge in [0.1, 0.15) is 11.6 Å². The molecule has 0 bridgehead atoms. The van der Waals surface area contributed by atoms with E-state index in [-0.39, 0.29) is 12.0 Å². The number of carboxylic acid groups (broad SMARTS) is 1. The van der Waals surface area contributed by atoms with Crippen LogP contribution in [-0.4, -0.2) is 31.9 Å². The van der Waals surface area contributed by atoms with Gasteiger partial charge in [-0.05, 0) is 62.9 Å². The van der Waals surface area contributed by atoms with Crippen LogP contribution < -0.4 is 10.6 Å². The van der Waals surface area contributed by atoms with Gasteiger partial charge in [-0.25, -0.2) is 9.37 Å². The third-order valence-corrected chi connectivity index (χ3v) is 5.02. The normalized spacial score (nSPS) is 12.7. The second-order valence-electron chi connectivity index (χ2n) is 9.67. The highest BCUT2D eigenvalue weighted by Gasteiger charge is 2.24. The lowest BCUT2D eigenvalue weighted by Crippen LogP contribution is -2.30. The first-order valence-corrected chi connectivity index (χ1v) is 11.0. The smallest absolute Gasteiger partial charge is 0.305 e. The molecular formula is C25H31FN4O3. The van der Waals surface area contributed by atoms with Crippen LogP contribution in [0, 0.1) is 11.7 Å². The molecule has 3 rings (SSSR count). The maximum absolute atomic E-state index is 13.3. The Morgan fingerprint density at radius 3 is 2.39 bits per heavy atom. The molecule has 1 unspecified atom stereocenters. The molecular weight excluding hydrogens is 423 g/mol. The van der Waals surface area contributed by atoms with Crippen LogP contribution in [-0.2, 0) is 11.2 Å². The van der Waals surface area contributed by atoms with E-state index in [9.17, 15) is 19.1 Å². The molecule has 0 radical (unpaired) electrons. The van der Waals surface area contributed by atoms with Crippen LogP contribution in [0.4, 0.5) is 10.2 Å². The fraction of sp³-hybridized carbons (Fsp3) is 0.400. The van der Waals surface area contributed by atoms with Gasteiger partial charge in [-0.3, -0.25) is 14.0 Å². The number of carboxylic acids is 1. The molecule has 33 heavy (non-hydrogen) atoms. The fourth-order valence-electron chi connectivity index (χ4n) is 3.67. The van der Waals surface area contributed by atoms with Gasteiger partial charge in [-0.15, -0.1) is 0 Å². The van der Waals surface area contributed by atoms with Crippen molar-refractivity contribution < 1.29 is 19.1 Å². The monoisotopic (exact) mass is 454 g/mol. The number of hydrogen-bond acceptors (Lipinski definition) is 4. The molecule has 0 fully saturated rings. The summed E-state index contributed by atoms with van der Waals surface area (Å²) >= 11 is 0. The Bertz CT molecular complexity index is 1150. The van der Waals surface area contributed by atoms with Gasteiger partial charge in [0.2, 0.25) is 0 Å². The molecule has 3 N–H and O–H groups in total. The maximum atomic E-state index is 13.3. The lowest BCUT2D eigenvalue weighted by molar-refractivity contribution is -0.137. The number of carbonyl (C=O) groups is 2. The standard InChI is InChI=1S/C25H31FN4O3/c1-15(2)13-20-23(29-25(3,4)5)30-12-6-7-18(22(30)27-20)24(33)28-19(14-21(31)32)16-8-10-17(26)11-9-16/h6-12,15,19,29H,13-14H2,1-5H3,(H,28,33)(H,31,32). The molecule has 1 amide bonds. The van der Waals surface area contributed by atoms with Gasteiger partial charge < -0.3 is 15.7 Å². The van der Waals surface area contributed by atoms with Gasteiger partial charge >= 0.3 is 5.97 Å². The largest absolute Gasteiger partial charge is 0.481 e. The van der Waals surface area contributed by atoms with Crippen LogP contribution in [0.5, 0.6) is 0 Å². The number of imidazole rings is 1. The van der Waals surface area contributed by atoms with Crippen LogP contribution >= 0.6 is 0 Å². The third-order valence-electron chi connectivity index (χ3n) is 5.02. The molecule has 3 aromatic rings. The summed E-state index contributed by atoms with van der Waals surface area (Å²) in [6.07, 6.45) is 2.26. The highest BCUT2D eigenvalue weighted by molar-refractivity contribution is 6.00. The van der Waals surface area contributed by atoms with E-state index < -0.39 is 23.7 Å². The number of nitrogens with zero attached hydrogens (tertiary/aromatic N) is 2. The molecule has 0 aliphatic heterocycles. The number of hydrogen-bond donors (Lipinski definition) is 3. The van der Waals surface area contributed by atoms with Crippen molar-refractivity contribution in [2.24, 2.45) is 5.92 Å². The van der Waals surface area contributed by atoms with Crippen LogP contribution in [0.15, 0.2) is 42.6 Å². The van der Waals surface area contributed by atoms with Gasteiger partial charge in [-0.2, -0.15) is 0 Å². The minimum absolute atomic E-state index is 0.213. The first-order chi connectivity index (χ1) is 15.4. The average molecular weight is 455 g/mol. The molecule has 0 spiro atoms. The highest BCUT2D eigenvalue weighted by atomic mass is 19.1. The van der Waals surface area contributed by atoms with Crippen molar-refractivity contribution in [3.63, 3.8) is 0 Å². The summed E-state index contributed by atoms with van der Waals surface area (Å²) in [5.74, 6) is -0.746. The molecule has 2 aromatic heterocycles. The quantitative estimate of drug-likeness (QED) is 0.453. The lowest BCUT2D eigenvalue weighted by Gasteiger charge is -2.23. The molecule has 0 saturated heterocycles. The number of aromatic nitrogens is 2. The summed E-state index contributed by atoms with van der Waals surface area (Å²) in [6.45, 7) is 10.4. The van der Waals surface area contributed by atoms with Crippen LogP contribution in [0.2, 0.25) is 0 Å². The zero-order valence-electron chi connectivity index (χ0n) is 19.6. The maximum Gasteiger partial charge on any atom is 0.305 e. The Kier molecular flexibility index (Phi) is 7.05. The predicted molar refractivity (Wildman–Crippen MR) is 126 cm³/mol. The van der Waals surface area contributed by atoms with Crippen LogP contribution in [0.25, 0.3) is 5.65 Å². The number of pyridine rings is 1. The van der Waals surface area contributed by atoms with Crippen LogP contribution in [0.1, 0.15) is 68.7 Å². The summed E-state index contributed by atoms with van der Waals surface area (Å²) in [6, 6.07) is 8.06. The van der Waals surface area contributed by atoms with Crippen LogP contribution in [0.3, 0.4) is 0 Å². The van der Waals surface area contributed by atoms with E-state index in [0.29, 0.717) is 22.7 Å². The Morgan fingerprint density at radius 1 is 1.15 bits per heavy atom. The van der Waals surface area contributed by atoms with E-state index in [1.165, 1.54) is 24.3 Å². The Morgan fingerprint density at radius 2 is 1.82 bits per heavy atom. The zero-order valence-corrected chi connectivity index (χ0v) is 19.6. The summed E-state index contributed by atoms with van der Waals surface area (Å²) in [5.41, 5.74) is 1.99. The molecule has 2 heterocycles. The topological polar surface area (TPSA) is 95.7 Å². The molecule has 176 valence electrons. The second kappa shape index (κ2) is 9.60. The number of nitrogens with one attached hydrogen (secondary N) is 2. The summed E-state index contributed by atoms with van der Waals surface area (Å²) < 4.78 is 15.2. The number of benzene rings is 1. The van der Waals surface area contributed by atoms with Crippen molar-refractivity contribution in [3.05, 3.63) is 65.2 Å². The third kappa shape index (κ3) is 6.09. The summed E-state index contributed by atoms with van der Waals surface area (Å²) in [5, 5.41) is 15.6. The van der Waals surface area contributed by atoms with Crippen molar-refractivity contribution in [1.29, 1.82) is 0 Å². The highest BCUT2D eigenvalue weighted by Crippen LogP contribution is 2.27. The van der Waals surface area contributed by atoms with E-state index in [1.807, 2.05) is 10.6 Å². The first-order valence-electron chi connectivity index (χ1n) is 11.0. The van der Waals surface area contributed by atoms with Gasteiger partial charge in [-0.1, -0.05) is 26.0 Å². The molecule has 1 aromatic carbocycles. The average Bonchev–Trinajstić information content (AvgIpc) is 3.02. The minimum atomic E-state index is -1.07. The molecule has 0 aliphatic rings. The molecule has 0 aliphatic carbocycles. The summed E-state index contributed by atoms with van der Waals surface area (Å²) in [4.78, 5) is 29.5. The van der Waals surface area contributed by atoms with Crippen molar-refractivity contribution in [3.8, 4) is 0 Å². The van der Waals surface area contributed by atoms with Gasteiger partial charge in [0.25, 0.3) is 5.91 Å².